The van der Waals surface area contributed by atoms with Gasteiger partial charge in [0.25, 0.3) is 0 Å². The van der Waals surface area contributed by atoms with Crippen LogP contribution in [-0.2, 0) is 11.2 Å². The van der Waals surface area contributed by atoms with Gasteiger partial charge in [-0.1, -0.05) is 18.2 Å². The lowest BCUT2D eigenvalue weighted by molar-refractivity contribution is -0.126. The Labute approximate surface area is 178 Å². The molecule has 1 aromatic carbocycles. The van der Waals surface area contributed by atoms with Gasteiger partial charge in [-0.3, -0.25) is 14.4 Å². The molecule has 1 amide bonds. The summed E-state index contributed by atoms with van der Waals surface area (Å²) in [6, 6.07) is 5.90. The van der Waals surface area contributed by atoms with Crippen LogP contribution in [-0.4, -0.2) is 49.3 Å². The first-order valence-electron chi connectivity index (χ1n) is 10.4. The van der Waals surface area contributed by atoms with Crippen LogP contribution in [0.5, 0.6) is 0 Å². The summed E-state index contributed by atoms with van der Waals surface area (Å²) in [7, 11) is 0. The van der Waals surface area contributed by atoms with Gasteiger partial charge in [0.05, 0.1) is 29.5 Å². The Hall–Kier alpha value is -3.68. The Morgan fingerprint density at radius 3 is 2.74 bits per heavy atom. The number of benzene rings is 1. The van der Waals surface area contributed by atoms with E-state index in [4.69, 9.17) is 0 Å². The fraction of sp³-hybridized carbons (Fsp3) is 0.261. The minimum Gasteiger partial charge on any atom is -0.310 e. The molecule has 0 atom stereocenters. The second kappa shape index (κ2) is 6.94. The van der Waals surface area contributed by atoms with Crippen molar-refractivity contribution in [2.45, 2.75) is 25.2 Å². The molecular formula is C23H19FN6O. The standard InChI is InChI=1S/C23H19FN6O/c24-21-10-25-18(9-26-21)16-2-1-3-17-15(16)6-7-30-20(17)8-22(27-11-23(30)31)29-12-19(28-13-29)14-4-5-14/h1-3,8-10,12-14H,4-7,11H2. The lowest BCUT2D eigenvalue weighted by atomic mass is 9.90. The molecule has 1 fully saturated rings. The van der Waals surface area contributed by atoms with Crippen LogP contribution in [0.1, 0.15) is 35.6 Å². The summed E-state index contributed by atoms with van der Waals surface area (Å²) >= 11 is 0. The van der Waals surface area contributed by atoms with Gasteiger partial charge in [0.15, 0.2) is 0 Å². The Morgan fingerprint density at radius 1 is 1.06 bits per heavy atom. The number of allylic oxidation sites excluding steroid dienone is 1. The maximum absolute atomic E-state index is 13.3. The SMILES string of the molecule is O=C1CN=C(n2cnc(C3CC3)c2)C=C2c3cccc(-c4cnc(F)cn4)c3CCN12. The Kier molecular flexibility index (Phi) is 4.05. The molecule has 2 aliphatic heterocycles. The predicted octanol–water partition coefficient (Wildman–Crippen LogP) is 3.04. The lowest BCUT2D eigenvalue weighted by Gasteiger charge is -2.31. The number of nitrogens with zero attached hydrogens (tertiary/aromatic N) is 6. The highest BCUT2D eigenvalue weighted by molar-refractivity contribution is 6.06. The average Bonchev–Trinajstić information content (AvgIpc) is 3.56. The summed E-state index contributed by atoms with van der Waals surface area (Å²) in [4.78, 5) is 31.7. The molecule has 31 heavy (non-hydrogen) atoms. The van der Waals surface area contributed by atoms with Gasteiger partial charge >= 0.3 is 0 Å². The number of amides is 1. The highest BCUT2D eigenvalue weighted by Gasteiger charge is 2.30. The van der Waals surface area contributed by atoms with E-state index in [-0.39, 0.29) is 12.5 Å². The van der Waals surface area contributed by atoms with Crippen molar-refractivity contribution in [2.24, 2.45) is 4.99 Å². The van der Waals surface area contributed by atoms with E-state index in [0.29, 0.717) is 30.4 Å². The van der Waals surface area contributed by atoms with Crippen molar-refractivity contribution < 1.29 is 9.18 Å². The third kappa shape index (κ3) is 3.15. The maximum Gasteiger partial charge on any atom is 0.248 e. The molecule has 0 unspecified atom stereocenters. The number of carbonyl (C=O) groups is 1. The summed E-state index contributed by atoms with van der Waals surface area (Å²) in [5, 5.41) is 0. The van der Waals surface area contributed by atoms with Gasteiger partial charge in [0.1, 0.15) is 18.7 Å². The number of hydrogen-bond acceptors (Lipinski definition) is 5. The van der Waals surface area contributed by atoms with Crippen molar-refractivity contribution in [1.29, 1.82) is 0 Å². The van der Waals surface area contributed by atoms with Gasteiger partial charge in [-0.2, -0.15) is 4.39 Å². The van der Waals surface area contributed by atoms with Crippen molar-refractivity contribution in [2.75, 3.05) is 13.1 Å². The van der Waals surface area contributed by atoms with E-state index in [1.54, 1.807) is 11.2 Å². The lowest BCUT2D eigenvalue weighted by Crippen LogP contribution is -2.36. The van der Waals surface area contributed by atoms with Crippen LogP contribution in [0.4, 0.5) is 4.39 Å². The summed E-state index contributed by atoms with van der Waals surface area (Å²) < 4.78 is 15.2. The van der Waals surface area contributed by atoms with Crippen molar-refractivity contribution in [3.63, 3.8) is 0 Å². The molecule has 2 aromatic heterocycles. The molecular weight excluding hydrogens is 395 g/mol. The van der Waals surface area contributed by atoms with Crippen LogP contribution in [0.3, 0.4) is 0 Å². The van der Waals surface area contributed by atoms with Gasteiger partial charge in [0.2, 0.25) is 11.9 Å². The fourth-order valence-corrected chi connectivity index (χ4v) is 4.30. The number of fused-ring (bicyclic) bond motifs is 3. The second-order valence-corrected chi connectivity index (χ2v) is 8.04. The smallest absolute Gasteiger partial charge is 0.248 e. The zero-order chi connectivity index (χ0) is 20.9. The Bertz CT molecular complexity index is 1260. The Morgan fingerprint density at radius 2 is 1.94 bits per heavy atom. The molecule has 6 rings (SSSR count). The van der Waals surface area contributed by atoms with Crippen LogP contribution >= 0.6 is 0 Å². The summed E-state index contributed by atoms with van der Waals surface area (Å²) in [5.41, 5.74) is 5.45. The molecule has 4 heterocycles. The van der Waals surface area contributed by atoms with Crippen LogP contribution < -0.4 is 0 Å². The van der Waals surface area contributed by atoms with Gasteiger partial charge in [0, 0.05) is 35.9 Å². The second-order valence-electron chi connectivity index (χ2n) is 8.04. The Balaban J connectivity index is 1.45. The van der Waals surface area contributed by atoms with Gasteiger partial charge in [-0.05, 0) is 24.8 Å². The molecule has 154 valence electrons. The number of aliphatic imine (C=N–C) groups is 1. The van der Waals surface area contributed by atoms with Crippen LogP contribution in [0.15, 0.2) is 54.2 Å². The summed E-state index contributed by atoms with van der Waals surface area (Å²) in [6.45, 7) is 0.661. The maximum atomic E-state index is 13.3. The normalized spacial score (nSPS) is 18.1. The highest BCUT2D eigenvalue weighted by atomic mass is 19.1. The summed E-state index contributed by atoms with van der Waals surface area (Å²) in [6.07, 6.45) is 11.4. The van der Waals surface area contributed by atoms with Gasteiger partial charge in [-0.25, -0.2) is 15.0 Å². The van der Waals surface area contributed by atoms with Crippen molar-refractivity contribution in [1.82, 2.24) is 24.4 Å². The van der Waals surface area contributed by atoms with Crippen LogP contribution in [0.2, 0.25) is 0 Å². The van der Waals surface area contributed by atoms with E-state index >= 15 is 0 Å². The molecule has 0 bridgehead atoms. The number of imidazole rings is 1. The number of aromatic nitrogens is 4. The quantitative estimate of drug-likeness (QED) is 0.646. The molecule has 3 aliphatic rings. The summed E-state index contributed by atoms with van der Waals surface area (Å²) in [5.74, 6) is 0.614. The van der Waals surface area contributed by atoms with E-state index in [9.17, 15) is 9.18 Å². The molecule has 8 heteroatoms. The van der Waals surface area contributed by atoms with Gasteiger partial charge in [-0.15, -0.1) is 0 Å². The van der Waals surface area contributed by atoms with E-state index in [0.717, 1.165) is 34.3 Å². The topological polar surface area (TPSA) is 76.3 Å². The average molecular weight is 414 g/mol. The number of carbonyl (C=O) groups excluding carboxylic acids is 1. The largest absolute Gasteiger partial charge is 0.310 e. The number of rotatable bonds is 2. The molecule has 7 nitrogen and oxygen atoms in total. The first kappa shape index (κ1) is 18.1. The zero-order valence-electron chi connectivity index (χ0n) is 16.7. The zero-order valence-corrected chi connectivity index (χ0v) is 16.7. The molecule has 0 spiro atoms. The molecule has 0 N–H and O–H groups in total. The van der Waals surface area contributed by atoms with Crippen LogP contribution in [0.25, 0.3) is 17.0 Å². The molecule has 1 aliphatic carbocycles. The first-order chi connectivity index (χ1) is 15.2. The third-order valence-corrected chi connectivity index (χ3v) is 6.03. The minimum atomic E-state index is -0.608. The molecule has 0 saturated heterocycles. The molecule has 0 radical (unpaired) electrons. The van der Waals surface area contributed by atoms with Crippen molar-refractivity contribution in [3.8, 4) is 11.3 Å². The highest BCUT2D eigenvalue weighted by Crippen LogP contribution is 2.39. The minimum absolute atomic E-state index is 0.0265. The van der Waals surface area contributed by atoms with E-state index in [1.165, 1.54) is 19.0 Å². The first-order valence-corrected chi connectivity index (χ1v) is 10.4. The fourth-order valence-electron chi connectivity index (χ4n) is 4.30. The number of halogens is 1. The van der Waals surface area contributed by atoms with E-state index in [1.807, 2.05) is 35.0 Å². The van der Waals surface area contributed by atoms with Crippen molar-refractivity contribution >= 4 is 17.4 Å². The predicted molar refractivity (Wildman–Crippen MR) is 113 cm³/mol. The van der Waals surface area contributed by atoms with E-state index < -0.39 is 5.95 Å². The number of hydrogen-bond donors (Lipinski definition) is 0. The molecule has 1 saturated carbocycles. The third-order valence-electron chi connectivity index (χ3n) is 6.03. The monoisotopic (exact) mass is 414 g/mol. The van der Waals surface area contributed by atoms with Crippen LogP contribution in [0, 0.1) is 5.95 Å². The van der Waals surface area contributed by atoms with Crippen molar-refractivity contribution in [3.05, 3.63) is 72.0 Å². The molecule has 3 aromatic rings. The van der Waals surface area contributed by atoms with Gasteiger partial charge < -0.3 is 4.90 Å². The van der Waals surface area contributed by atoms with E-state index in [2.05, 4.69) is 19.9 Å².